The number of morpholine rings is 1. The Balaban J connectivity index is 1.95. The van der Waals surface area contributed by atoms with Crippen LogP contribution in [0.5, 0.6) is 0 Å². The normalized spacial score (nSPS) is 44.2. The average Bonchev–Trinajstić information content (AvgIpc) is 2.16. The monoisotopic (exact) mass is 212 g/mol. The minimum absolute atomic E-state index is 0.392. The van der Waals surface area contributed by atoms with Crippen LogP contribution in [-0.4, -0.2) is 49.3 Å². The van der Waals surface area contributed by atoms with Gasteiger partial charge in [0.2, 0.25) is 0 Å². The standard InChI is InChI=1S/C12H24N2O/c1-9-4-5-13-6-12(9)14-7-10(2)15-11(3)8-14/h9-13H,4-8H2,1-3H3. The smallest absolute Gasteiger partial charge is 0.0678 e. The van der Waals surface area contributed by atoms with E-state index >= 15 is 0 Å². The van der Waals surface area contributed by atoms with E-state index in [4.69, 9.17) is 4.74 Å². The molecule has 1 N–H and O–H groups in total. The minimum atomic E-state index is 0.392. The highest BCUT2D eigenvalue weighted by molar-refractivity contribution is 4.87. The first kappa shape index (κ1) is 11.4. The van der Waals surface area contributed by atoms with E-state index in [9.17, 15) is 0 Å². The SMILES string of the molecule is CC1CN(C2CNCCC2C)CC(C)O1. The second-order valence-electron chi connectivity index (χ2n) is 5.25. The third-order valence-electron chi connectivity index (χ3n) is 3.70. The zero-order valence-electron chi connectivity index (χ0n) is 10.2. The van der Waals surface area contributed by atoms with Crippen molar-refractivity contribution in [1.82, 2.24) is 10.2 Å². The Bertz CT molecular complexity index is 200. The van der Waals surface area contributed by atoms with Crippen LogP contribution in [0.2, 0.25) is 0 Å². The third-order valence-corrected chi connectivity index (χ3v) is 3.70. The molecule has 0 aromatic heterocycles. The molecule has 88 valence electrons. The summed E-state index contributed by atoms with van der Waals surface area (Å²) < 4.78 is 5.78. The lowest BCUT2D eigenvalue weighted by Crippen LogP contribution is -2.57. The highest BCUT2D eigenvalue weighted by Crippen LogP contribution is 2.21. The third kappa shape index (κ3) is 2.71. The summed E-state index contributed by atoms with van der Waals surface area (Å²) in [6.07, 6.45) is 2.09. The van der Waals surface area contributed by atoms with Crippen molar-refractivity contribution in [2.75, 3.05) is 26.2 Å². The quantitative estimate of drug-likeness (QED) is 0.704. The van der Waals surface area contributed by atoms with Crippen molar-refractivity contribution in [3.8, 4) is 0 Å². The number of nitrogens with one attached hydrogen (secondary N) is 1. The van der Waals surface area contributed by atoms with Crippen molar-refractivity contribution in [3.63, 3.8) is 0 Å². The molecular weight excluding hydrogens is 188 g/mol. The first-order valence-electron chi connectivity index (χ1n) is 6.27. The summed E-state index contributed by atoms with van der Waals surface area (Å²) in [4.78, 5) is 2.62. The molecule has 3 heteroatoms. The Morgan fingerprint density at radius 2 is 1.80 bits per heavy atom. The highest BCUT2D eigenvalue weighted by Gasteiger charge is 2.32. The second kappa shape index (κ2) is 4.81. The minimum Gasteiger partial charge on any atom is -0.373 e. The molecule has 2 rings (SSSR count). The largest absolute Gasteiger partial charge is 0.373 e. The molecule has 2 heterocycles. The molecule has 2 aliphatic rings. The summed E-state index contributed by atoms with van der Waals surface area (Å²) in [7, 11) is 0. The lowest BCUT2D eigenvalue weighted by molar-refractivity contribution is -0.0882. The molecule has 0 radical (unpaired) electrons. The molecule has 2 aliphatic heterocycles. The van der Waals surface area contributed by atoms with Gasteiger partial charge in [-0.15, -0.1) is 0 Å². The van der Waals surface area contributed by atoms with Crippen LogP contribution < -0.4 is 5.32 Å². The van der Waals surface area contributed by atoms with Gasteiger partial charge >= 0.3 is 0 Å². The summed E-state index contributed by atoms with van der Waals surface area (Å²) in [5.74, 6) is 0.823. The molecule has 0 aromatic rings. The maximum atomic E-state index is 5.78. The predicted octanol–water partition coefficient (Wildman–Crippen LogP) is 1.09. The topological polar surface area (TPSA) is 24.5 Å². The van der Waals surface area contributed by atoms with Crippen molar-refractivity contribution in [3.05, 3.63) is 0 Å². The van der Waals surface area contributed by atoms with E-state index in [1.165, 1.54) is 13.0 Å². The van der Waals surface area contributed by atoms with Crippen molar-refractivity contribution in [2.45, 2.75) is 45.4 Å². The number of piperidine rings is 1. The van der Waals surface area contributed by atoms with Crippen LogP contribution in [0.15, 0.2) is 0 Å². The van der Waals surface area contributed by atoms with Crippen LogP contribution in [0, 0.1) is 5.92 Å². The van der Waals surface area contributed by atoms with Crippen molar-refractivity contribution in [1.29, 1.82) is 0 Å². The zero-order valence-corrected chi connectivity index (χ0v) is 10.2. The fraction of sp³-hybridized carbons (Fsp3) is 1.00. The number of nitrogens with zero attached hydrogens (tertiary/aromatic N) is 1. The van der Waals surface area contributed by atoms with Crippen molar-refractivity contribution < 1.29 is 4.74 Å². The zero-order chi connectivity index (χ0) is 10.8. The van der Waals surface area contributed by atoms with Crippen LogP contribution in [0.4, 0.5) is 0 Å². The summed E-state index contributed by atoms with van der Waals surface area (Å²) in [6.45, 7) is 11.3. The van der Waals surface area contributed by atoms with Gasteiger partial charge < -0.3 is 10.1 Å². The van der Waals surface area contributed by atoms with Gasteiger partial charge in [-0.25, -0.2) is 0 Å². The van der Waals surface area contributed by atoms with Crippen LogP contribution in [0.25, 0.3) is 0 Å². The fourth-order valence-corrected chi connectivity index (χ4v) is 2.95. The van der Waals surface area contributed by atoms with Gasteiger partial charge in [-0.1, -0.05) is 6.92 Å². The number of hydrogen-bond acceptors (Lipinski definition) is 3. The summed E-state index contributed by atoms with van der Waals surface area (Å²) in [5, 5.41) is 3.51. The molecule has 0 aliphatic carbocycles. The Hall–Kier alpha value is -0.120. The molecule has 0 saturated carbocycles. The van der Waals surface area contributed by atoms with E-state index in [0.29, 0.717) is 18.2 Å². The van der Waals surface area contributed by atoms with Crippen LogP contribution in [0.1, 0.15) is 27.2 Å². The molecule has 4 unspecified atom stereocenters. The van der Waals surface area contributed by atoms with Gasteiger partial charge in [0.15, 0.2) is 0 Å². The molecule has 15 heavy (non-hydrogen) atoms. The first-order valence-corrected chi connectivity index (χ1v) is 6.27. The first-order chi connectivity index (χ1) is 7.16. The van der Waals surface area contributed by atoms with Crippen LogP contribution >= 0.6 is 0 Å². The molecular formula is C12H24N2O. The van der Waals surface area contributed by atoms with E-state index in [0.717, 1.165) is 25.6 Å². The van der Waals surface area contributed by atoms with E-state index in [1.807, 2.05) is 0 Å². The summed E-state index contributed by atoms with van der Waals surface area (Å²) >= 11 is 0. The van der Waals surface area contributed by atoms with Crippen molar-refractivity contribution >= 4 is 0 Å². The van der Waals surface area contributed by atoms with Gasteiger partial charge in [-0.3, -0.25) is 4.90 Å². The molecule has 0 aromatic carbocycles. The molecule has 2 saturated heterocycles. The number of hydrogen-bond donors (Lipinski definition) is 1. The lowest BCUT2D eigenvalue weighted by Gasteiger charge is -2.44. The molecule has 2 fully saturated rings. The Morgan fingerprint density at radius 1 is 1.13 bits per heavy atom. The summed E-state index contributed by atoms with van der Waals surface area (Å²) in [5.41, 5.74) is 0. The van der Waals surface area contributed by atoms with Crippen LogP contribution in [-0.2, 0) is 4.74 Å². The second-order valence-corrected chi connectivity index (χ2v) is 5.25. The number of rotatable bonds is 1. The van der Waals surface area contributed by atoms with E-state index in [1.54, 1.807) is 0 Å². The van der Waals surface area contributed by atoms with E-state index in [2.05, 4.69) is 31.0 Å². The Kier molecular flexibility index (Phi) is 3.65. The van der Waals surface area contributed by atoms with E-state index < -0.39 is 0 Å². The molecule has 0 spiro atoms. The van der Waals surface area contributed by atoms with Crippen molar-refractivity contribution in [2.24, 2.45) is 5.92 Å². The van der Waals surface area contributed by atoms with Gasteiger partial charge in [0.05, 0.1) is 12.2 Å². The molecule has 4 atom stereocenters. The highest BCUT2D eigenvalue weighted by atomic mass is 16.5. The number of ether oxygens (including phenoxy) is 1. The molecule has 3 nitrogen and oxygen atoms in total. The van der Waals surface area contributed by atoms with Crippen LogP contribution in [0.3, 0.4) is 0 Å². The summed E-state index contributed by atoms with van der Waals surface area (Å²) in [6, 6.07) is 0.715. The van der Waals surface area contributed by atoms with Gasteiger partial charge in [0, 0.05) is 25.7 Å². The lowest BCUT2D eigenvalue weighted by atomic mass is 9.92. The predicted molar refractivity (Wildman–Crippen MR) is 62.0 cm³/mol. The van der Waals surface area contributed by atoms with Gasteiger partial charge in [0.1, 0.15) is 0 Å². The molecule has 0 amide bonds. The van der Waals surface area contributed by atoms with Gasteiger partial charge in [-0.05, 0) is 32.7 Å². The Labute approximate surface area is 93.2 Å². The van der Waals surface area contributed by atoms with Gasteiger partial charge in [0.25, 0.3) is 0 Å². The Morgan fingerprint density at radius 3 is 2.40 bits per heavy atom. The fourth-order valence-electron chi connectivity index (χ4n) is 2.95. The molecule has 0 bridgehead atoms. The average molecular weight is 212 g/mol. The van der Waals surface area contributed by atoms with Gasteiger partial charge in [-0.2, -0.15) is 0 Å². The maximum Gasteiger partial charge on any atom is 0.0678 e. The van der Waals surface area contributed by atoms with E-state index in [-0.39, 0.29) is 0 Å². The maximum absolute atomic E-state index is 5.78.